The summed E-state index contributed by atoms with van der Waals surface area (Å²) in [7, 11) is -5.17. The fourth-order valence-corrected chi connectivity index (χ4v) is 0. The van der Waals surface area contributed by atoms with E-state index in [0.717, 1.165) is 0 Å². The average molecular weight is 228 g/mol. The fourth-order valence-electron chi connectivity index (χ4n) is 0. The molecule has 0 spiro atoms. The summed E-state index contributed by atoms with van der Waals surface area (Å²) in [6, 6.07) is 0. The van der Waals surface area contributed by atoms with Crippen LogP contribution >= 0.6 is 0 Å². The van der Waals surface area contributed by atoms with Crippen LogP contribution in [0.2, 0.25) is 0 Å². The van der Waals surface area contributed by atoms with Crippen LogP contribution in [0.5, 0.6) is 0 Å². The maximum Gasteiger partial charge on any atom is 3.00 e. The second-order valence-electron chi connectivity index (χ2n) is 0.408. The minimum absolute atomic E-state index is 0. The molecule has 0 rings (SSSR count). The Morgan fingerprint density at radius 3 is 0.889 bits per heavy atom. The van der Waals surface area contributed by atoms with Gasteiger partial charge in [-0.1, -0.05) is 0 Å². The van der Waals surface area contributed by atoms with Crippen LogP contribution < -0.4 is 103 Å². The zero-order chi connectivity index (χ0) is 4.50. The summed E-state index contributed by atoms with van der Waals surface area (Å²) in [6.45, 7) is 0. The molecule has 4 nitrogen and oxygen atoms in total. The zero-order valence-electron chi connectivity index (χ0n) is 5.20. The molecule has 0 bridgehead atoms. The minimum atomic E-state index is -5.17. The molecule has 0 radical (unpaired) electrons. The van der Waals surface area contributed by atoms with Crippen molar-refractivity contribution in [2.45, 2.75) is 0 Å². The van der Waals surface area contributed by atoms with Gasteiger partial charge in [0.25, 0.3) is 0 Å². The van der Waals surface area contributed by atoms with Gasteiger partial charge in [-0.3, -0.25) is 8.42 Å². The topological polar surface area (TPSA) is 80.3 Å². The molecule has 0 atom stereocenters. The van der Waals surface area contributed by atoms with E-state index in [1.165, 1.54) is 0 Å². The SMILES string of the molecule is O=S(=O)([O-])[O-].[Al+3].[Al+3].[K+].[K+]. The van der Waals surface area contributed by atoms with E-state index in [-0.39, 0.29) is 137 Å². The molecule has 0 aromatic carbocycles. The Morgan fingerprint density at radius 2 is 0.889 bits per heavy atom. The predicted octanol–water partition coefficient (Wildman–Crippen LogP) is -8.09. The zero-order valence-corrected chi connectivity index (χ0v) is 14.6. The number of hydrogen-bond donors (Lipinski definition) is 0. The number of hydrogen-bond acceptors (Lipinski definition) is 4. The third-order valence-electron chi connectivity index (χ3n) is 0. The van der Waals surface area contributed by atoms with Crippen molar-refractivity contribution >= 4 is 45.1 Å². The van der Waals surface area contributed by atoms with Gasteiger partial charge < -0.3 is 9.11 Å². The molecule has 9 heteroatoms. The Labute approximate surface area is 161 Å². The summed E-state index contributed by atoms with van der Waals surface area (Å²) in [5.41, 5.74) is 0. The molecule has 0 saturated carbocycles. The fraction of sp³-hybridized carbons (Fsp3) is 0. The van der Waals surface area contributed by atoms with Crippen molar-refractivity contribution in [1.82, 2.24) is 0 Å². The summed E-state index contributed by atoms with van der Waals surface area (Å²) in [5.74, 6) is 0. The van der Waals surface area contributed by atoms with Crippen LogP contribution in [-0.4, -0.2) is 52.2 Å². The summed E-state index contributed by atoms with van der Waals surface area (Å²) in [4.78, 5) is 0. The summed E-state index contributed by atoms with van der Waals surface area (Å²) < 4.78 is 34.1. The van der Waals surface area contributed by atoms with E-state index in [1.54, 1.807) is 0 Å². The van der Waals surface area contributed by atoms with E-state index < -0.39 is 10.4 Å². The van der Waals surface area contributed by atoms with E-state index in [0.29, 0.717) is 0 Å². The van der Waals surface area contributed by atoms with Gasteiger partial charge in [-0.2, -0.15) is 0 Å². The third kappa shape index (κ3) is 71.8. The largest absolute Gasteiger partial charge is 3.00 e. The molecule has 0 aliphatic carbocycles. The van der Waals surface area contributed by atoms with E-state index >= 15 is 0 Å². The molecule has 9 heavy (non-hydrogen) atoms. The summed E-state index contributed by atoms with van der Waals surface area (Å²) >= 11 is 0. The van der Waals surface area contributed by atoms with Crippen LogP contribution in [0.1, 0.15) is 0 Å². The Balaban J connectivity index is -0.0000000133. The van der Waals surface area contributed by atoms with Crippen molar-refractivity contribution in [3.63, 3.8) is 0 Å². The molecule has 0 amide bonds. The van der Waals surface area contributed by atoms with Crippen molar-refractivity contribution in [2.24, 2.45) is 0 Å². The van der Waals surface area contributed by atoms with Gasteiger partial charge in [-0.15, -0.1) is 0 Å². The first-order valence-electron chi connectivity index (χ1n) is 0.667. The van der Waals surface area contributed by atoms with Crippen molar-refractivity contribution in [3.8, 4) is 0 Å². The predicted molar refractivity (Wildman–Crippen MR) is 22.0 cm³/mol. The van der Waals surface area contributed by atoms with Crippen LogP contribution in [0.25, 0.3) is 0 Å². The maximum atomic E-state index is 8.52. The van der Waals surface area contributed by atoms with E-state index in [2.05, 4.69) is 0 Å². The van der Waals surface area contributed by atoms with Crippen LogP contribution in [0, 0.1) is 0 Å². The summed E-state index contributed by atoms with van der Waals surface area (Å²) in [6.07, 6.45) is 0. The van der Waals surface area contributed by atoms with Gasteiger partial charge in [0, 0.05) is 10.4 Å². The molecular formula is Al2K2O4S+6. The van der Waals surface area contributed by atoms with Crippen molar-refractivity contribution in [1.29, 1.82) is 0 Å². The van der Waals surface area contributed by atoms with Gasteiger partial charge in [0.1, 0.15) is 0 Å². The second-order valence-corrected chi connectivity index (χ2v) is 1.22. The van der Waals surface area contributed by atoms with Crippen LogP contribution in [0.4, 0.5) is 0 Å². The number of rotatable bonds is 0. The van der Waals surface area contributed by atoms with Gasteiger partial charge in [0.2, 0.25) is 0 Å². The van der Waals surface area contributed by atoms with Gasteiger partial charge in [0.05, 0.1) is 0 Å². The molecule has 0 fully saturated rings. The first-order valence-corrected chi connectivity index (χ1v) is 2.00. The van der Waals surface area contributed by atoms with Crippen molar-refractivity contribution < 1.29 is 120 Å². The first-order chi connectivity index (χ1) is 2.00. The average Bonchev–Trinajstić information content (AvgIpc) is 0.722. The van der Waals surface area contributed by atoms with Crippen LogP contribution in [-0.2, 0) is 10.4 Å². The Kier molecular flexibility index (Phi) is 47.8. The van der Waals surface area contributed by atoms with Crippen LogP contribution in [0.15, 0.2) is 0 Å². The Bertz CT molecular complexity index is 99.7. The molecule has 0 aliphatic heterocycles. The molecule has 0 aromatic rings. The van der Waals surface area contributed by atoms with E-state index in [9.17, 15) is 0 Å². The van der Waals surface area contributed by atoms with Gasteiger partial charge in [-0.05, 0) is 0 Å². The van der Waals surface area contributed by atoms with Crippen molar-refractivity contribution in [3.05, 3.63) is 0 Å². The molecular weight excluding hydrogens is 228 g/mol. The molecule has 0 heterocycles. The molecule has 32 valence electrons. The van der Waals surface area contributed by atoms with E-state index in [1.807, 2.05) is 0 Å². The van der Waals surface area contributed by atoms with Gasteiger partial charge >= 0.3 is 137 Å². The quantitative estimate of drug-likeness (QED) is 0.234. The Morgan fingerprint density at radius 1 is 0.889 bits per heavy atom. The monoisotopic (exact) mass is 228 g/mol. The molecule has 0 saturated heterocycles. The standard InChI is InChI=1S/2Al.2K.H2O4S/c;;;;1-5(2,3)4/h;;;;(H2,1,2,3,4)/q2*+3;2*+1;/p-2. The molecule has 0 aliphatic rings. The van der Waals surface area contributed by atoms with Gasteiger partial charge in [0.15, 0.2) is 0 Å². The molecule has 0 unspecified atom stereocenters. The first kappa shape index (κ1) is 29.2. The molecule has 0 aromatic heterocycles. The van der Waals surface area contributed by atoms with Crippen molar-refractivity contribution in [2.75, 3.05) is 0 Å². The third-order valence-corrected chi connectivity index (χ3v) is 0. The minimum Gasteiger partial charge on any atom is -0.759 e. The van der Waals surface area contributed by atoms with Crippen LogP contribution in [0.3, 0.4) is 0 Å². The maximum absolute atomic E-state index is 8.52. The summed E-state index contributed by atoms with van der Waals surface area (Å²) in [5, 5.41) is 0. The second kappa shape index (κ2) is 14.7. The Hall–Kier alpha value is 4.21. The normalized spacial score (nSPS) is 6.44. The van der Waals surface area contributed by atoms with Gasteiger partial charge in [-0.25, -0.2) is 0 Å². The smallest absolute Gasteiger partial charge is 0.759 e. The molecule has 0 N–H and O–H groups in total. The van der Waals surface area contributed by atoms with E-state index in [4.69, 9.17) is 17.5 Å².